The Labute approximate surface area is 271 Å². The van der Waals surface area contributed by atoms with Crippen molar-refractivity contribution in [2.45, 2.75) is 90.1 Å². The molecule has 4 rings (SSSR count). The lowest BCUT2D eigenvalue weighted by molar-refractivity contribution is -0.131. The Hall–Kier alpha value is -3.50. The van der Waals surface area contributed by atoms with Gasteiger partial charge in [0, 0.05) is 37.3 Å². The molecule has 3 heterocycles. The number of nitrogens with zero attached hydrogens (tertiary/aromatic N) is 5. The molecule has 13 heteroatoms. The van der Waals surface area contributed by atoms with Crippen LogP contribution in [0.2, 0.25) is 0 Å². The number of halogens is 2. The molecule has 0 bridgehead atoms. The third kappa shape index (κ3) is 8.25. The smallest absolute Gasteiger partial charge is 0.246 e. The van der Waals surface area contributed by atoms with E-state index < -0.39 is 11.6 Å². The molecule has 0 aliphatic carbocycles. The molecule has 0 radical (unpaired) electrons. The topological polar surface area (TPSA) is 116 Å². The zero-order valence-corrected chi connectivity index (χ0v) is 28.6. The van der Waals surface area contributed by atoms with Crippen molar-refractivity contribution < 1.29 is 27.6 Å². The van der Waals surface area contributed by atoms with Crippen LogP contribution in [0, 0.1) is 11.7 Å². The van der Waals surface area contributed by atoms with Crippen molar-refractivity contribution in [1.82, 2.24) is 30.3 Å². The second kappa shape index (κ2) is 15.4. The Morgan fingerprint density at radius 2 is 2.00 bits per heavy atom. The number of carbonyl (C=O) groups is 1. The average Bonchev–Trinajstić information content (AvgIpc) is 3.53. The number of nitrogens with one attached hydrogen (secondary N) is 1. The summed E-state index contributed by atoms with van der Waals surface area (Å²) >= 11 is 0. The van der Waals surface area contributed by atoms with Gasteiger partial charge in [0.05, 0.1) is 11.5 Å². The molecule has 10 nitrogen and oxygen atoms in total. The van der Waals surface area contributed by atoms with Gasteiger partial charge < -0.3 is 24.2 Å². The molecule has 1 saturated heterocycles. The molecule has 2 aromatic heterocycles. The van der Waals surface area contributed by atoms with Crippen molar-refractivity contribution in [3.63, 3.8) is 0 Å². The standard InChI is InChI=1S/C33H45F2N6O4P/c1-8-22-16-23(13-14-41(22)28(42)9-2)44-27-17-26(43-20(4)19(3)15-21(34)18-36-7)37-30(38-27)31-39-32(45-40-31)33(5,6)24-11-10-12-25(35)29(24)46/h9-12,17,19-23,36H,2,8,13-16,18,46H2,1,3-7H3/t19-,20-,21+,22+,23-/m0/s1. The maximum Gasteiger partial charge on any atom is 0.246 e. The molecule has 46 heavy (non-hydrogen) atoms. The molecule has 1 unspecified atom stereocenters. The molecular formula is C33H45F2N6O4P. The van der Waals surface area contributed by atoms with E-state index in [1.807, 2.05) is 45.6 Å². The zero-order valence-electron chi connectivity index (χ0n) is 27.4. The first-order valence-electron chi connectivity index (χ1n) is 15.7. The van der Waals surface area contributed by atoms with Gasteiger partial charge in [0.25, 0.3) is 0 Å². The van der Waals surface area contributed by atoms with E-state index in [0.29, 0.717) is 36.7 Å². The third-order valence-corrected chi connectivity index (χ3v) is 9.20. The van der Waals surface area contributed by atoms with Gasteiger partial charge >= 0.3 is 0 Å². The van der Waals surface area contributed by atoms with Gasteiger partial charge in [-0.05, 0) is 64.3 Å². The highest BCUT2D eigenvalue weighted by Crippen LogP contribution is 2.33. The Morgan fingerprint density at radius 3 is 2.70 bits per heavy atom. The normalized spacial score (nSPS) is 18.9. The molecule has 1 amide bonds. The summed E-state index contributed by atoms with van der Waals surface area (Å²) in [7, 11) is 4.15. The summed E-state index contributed by atoms with van der Waals surface area (Å²) in [6.07, 6.45) is 2.03. The Morgan fingerprint density at radius 1 is 1.26 bits per heavy atom. The highest BCUT2D eigenvalue weighted by molar-refractivity contribution is 7.27. The fraction of sp³-hybridized carbons (Fsp3) is 0.545. The van der Waals surface area contributed by atoms with Crippen LogP contribution in [0.3, 0.4) is 0 Å². The molecule has 6 atom stereocenters. The van der Waals surface area contributed by atoms with Crippen LogP contribution >= 0.6 is 9.24 Å². The van der Waals surface area contributed by atoms with E-state index in [1.54, 1.807) is 19.2 Å². The average molecular weight is 659 g/mol. The largest absolute Gasteiger partial charge is 0.474 e. The van der Waals surface area contributed by atoms with Crippen LogP contribution in [-0.2, 0) is 10.2 Å². The van der Waals surface area contributed by atoms with E-state index in [9.17, 15) is 13.6 Å². The van der Waals surface area contributed by atoms with Crippen molar-refractivity contribution >= 4 is 20.5 Å². The summed E-state index contributed by atoms with van der Waals surface area (Å²) in [6.45, 7) is 14.0. The number of hydrogen-bond donors (Lipinski definition) is 1. The van der Waals surface area contributed by atoms with Crippen LogP contribution in [0.25, 0.3) is 11.6 Å². The summed E-state index contributed by atoms with van der Waals surface area (Å²) in [4.78, 5) is 28.0. The number of ether oxygens (including phenoxy) is 2. The number of hydrogen-bond acceptors (Lipinski definition) is 9. The van der Waals surface area contributed by atoms with Gasteiger partial charge in [0.15, 0.2) is 0 Å². The predicted molar refractivity (Wildman–Crippen MR) is 176 cm³/mol. The summed E-state index contributed by atoms with van der Waals surface area (Å²) in [5, 5.41) is 7.44. The molecule has 0 saturated carbocycles. The van der Waals surface area contributed by atoms with Gasteiger partial charge in [0.1, 0.15) is 24.2 Å². The minimum atomic E-state index is -1.02. The van der Waals surface area contributed by atoms with Crippen LogP contribution < -0.4 is 20.1 Å². The number of rotatable bonds is 14. The maximum atomic E-state index is 14.4. The zero-order chi connectivity index (χ0) is 33.6. The molecule has 0 spiro atoms. The summed E-state index contributed by atoms with van der Waals surface area (Å²) < 4.78 is 47.0. The minimum absolute atomic E-state index is 0.000142. The Balaban J connectivity index is 1.64. The van der Waals surface area contributed by atoms with Crippen LogP contribution in [0.5, 0.6) is 11.8 Å². The number of aromatic nitrogens is 4. The van der Waals surface area contributed by atoms with Gasteiger partial charge in [-0.2, -0.15) is 15.0 Å². The predicted octanol–water partition coefficient (Wildman–Crippen LogP) is 5.18. The molecular weight excluding hydrogens is 613 g/mol. The maximum absolute atomic E-state index is 14.4. The first-order chi connectivity index (χ1) is 21.9. The second-order valence-corrected chi connectivity index (χ2v) is 12.9. The van der Waals surface area contributed by atoms with Crippen molar-refractivity contribution in [2.24, 2.45) is 5.92 Å². The van der Waals surface area contributed by atoms with E-state index in [4.69, 9.17) is 14.0 Å². The highest BCUT2D eigenvalue weighted by Gasteiger charge is 2.34. The fourth-order valence-electron chi connectivity index (χ4n) is 5.68. The molecule has 250 valence electrons. The van der Waals surface area contributed by atoms with Crippen LogP contribution in [0.4, 0.5) is 8.78 Å². The van der Waals surface area contributed by atoms with Gasteiger partial charge in [-0.1, -0.05) is 37.7 Å². The number of amides is 1. The SMILES string of the molecule is C=CC(=O)N1CC[C@H](Oc2cc(O[C@@H](C)[C@@H](C)C[C@@H](F)CNC)nc(-c3noc(C(C)(C)c4cccc(F)c4P)n3)n2)C[C@H]1CC. The second-order valence-electron chi connectivity index (χ2n) is 12.4. The molecule has 1 aromatic carbocycles. The fourth-order valence-corrected chi connectivity index (χ4v) is 6.24. The number of carbonyl (C=O) groups excluding carboxylic acids is 1. The van der Waals surface area contributed by atoms with E-state index in [1.165, 1.54) is 12.1 Å². The highest BCUT2D eigenvalue weighted by atomic mass is 31.0. The quantitative estimate of drug-likeness (QED) is 0.185. The summed E-state index contributed by atoms with van der Waals surface area (Å²) in [6, 6.07) is 6.44. The van der Waals surface area contributed by atoms with E-state index in [-0.39, 0.29) is 71.7 Å². The van der Waals surface area contributed by atoms with E-state index in [0.717, 1.165) is 6.42 Å². The molecule has 3 aromatic rings. The monoisotopic (exact) mass is 658 g/mol. The first kappa shape index (κ1) is 35.4. The van der Waals surface area contributed by atoms with Crippen molar-refractivity contribution in [3.8, 4) is 23.4 Å². The molecule has 1 aliphatic heterocycles. The van der Waals surface area contributed by atoms with Gasteiger partial charge in [-0.25, -0.2) is 8.78 Å². The lowest BCUT2D eigenvalue weighted by Gasteiger charge is -2.38. The Bertz CT molecular complexity index is 1500. The number of benzene rings is 1. The summed E-state index contributed by atoms with van der Waals surface area (Å²) in [5.74, 6) is 0.380. The van der Waals surface area contributed by atoms with E-state index >= 15 is 0 Å². The van der Waals surface area contributed by atoms with Crippen LogP contribution in [0.15, 0.2) is 41.4 Å². The van der Waals surface area contributed by atoms with E-state index in [2.05, 4.69) is 41.2 Å². The number of likely N-dealkylation sites (tertiary alicyclic amines) is 1. The summed E-state index contributed by atoms with van der Waals surface area (Å²) in [5.41, 5.74) is -0.155. The van der Waals surface area contributed by atoms with Crippen LogP contribution in [0.1, 0.15) is 71.8 Å². The van der Waals surface area contributed by atoms with Crippen LogP contribution in [-0.4, -0.2) is 75.5 Å². The molecule has 1 fully saturated rings. The Kier molecular flexibility index (Phi) is 11.8. The third-order valence-electron chi connectivity index (χ3n) is 8.61. The van der Waals surface area contributed by atoms with Crippen molar-refractivity contribution in [2.75, 3.05) is 20.1 Å². The number of alkyl halides is 1. The minimum Gasteiger partial charge on any atom is -0.474 e. The van der Waals surface area contributed by atoms with Gasteiger partial charge in [-0.15, -0.1) is 9.24 Å². The lowest BCUT2D eigenvalue weighted by Crippen LogP contribution is -2.48. The van der Waals surface area contributed by atoms with Gasteiger partial charge in [-0.3, -0.25) is 4.79 Å². The van der Waals surface area contributed by atoms with Crippen molar-refractivity contribution in [3.05, 3.63) is 54.2 Å². The first-order valence-corrected chi connectivity index (χ1v) is 16.3. The van der Waals surface area contributed by atoms with Crippen molar-refractivity contribution in [1.29, 1.82) is 0 Å². The molecule has 1 aliphatic rings. The van der Waals surface area contributed by atoms with Gasteiger partial charge in [0.2, 0.25) is 35.2 Å². The lowest BCUT2D eigenvalue weighted by atomic mass is 9.84. The number of piperidine rings is 1. The molecule has 1 N–H and O–H groups in total.